The molecule has 2 aromatic rings. The van der Waals surface area contributed by atoms with Crippen LogP contribution in [0.1, 0.15) is 44.9 Å². The second-order valence-electron chi connectivity index (χ2n) is 9.14. The predicted octanol–water partition coefficient (Wildman–Crippen LogP) is 3.41. The van der Waals surface area contributed by atoms with E-state index >= 15 is 0 Å². The van der Waals surface area contributed by atoms with Crippen molar-refractivity contribution in [2.45, 2.75) is 33.7 Å². The number of allylic oxidation sites excluding steroid dienone is 1. The van der Waals surface area contributed by atoms with E-state index in [1.165, 1.54) is 19.4 Å². The van der Waals surface area contributed by atoms with Crippen molar-refractivity contribution in [2.75, 3.05) is 40.1 Å². The molecule has 2 aromatic carbocycles. The fourth-order valence-corrected chi connectivity index (χ4v) is 4.43. The predicted molar refractivity (Wildman–Crippen MR) is 163 cm³/mol. The summed E-state index contributed by atoms with van der Waals surface area (Å²) < 4.78 is 32.2. The van der Waals surface area contributed by atoms with E-state index in [4.69, 9.17) is 40.0 Å². The summed E-state index contributed by atoms with van der Waals surface area (Å²) in [6, 6.07) is 6.62. The van der Waals surface area contributed by atoms with Gasteiger partial charge in [0, 0.05) is 5.70 Å². The molecule has 0 radical (unpaired) electrons. The van der Waals surface area contributed by atoms with Crippen molar-refractivity contribution in [3.63, 3.8) is 0 Å². The fourth-order valence-electron chi connectivity index (χ4n) is 4.16. The van der Waals surface area contributed by atoms with Gasteiger partial charge in [0.05, 0.1) is 49.8 Å². The number of urea groups is 1. The summed E-state index contributed by atoms with van der Waals surface area (Å²) in [5, 5.41) is 9.40. The molecule has 3 rings (SSSR count). The van der Waals surface area contributed by atoms with Crippen LogP contribution in [-0.4, -0.2) is 70.2 Å². The number of halogens is 1. The molecule has 0 aliphatic carbocycles. The van der Waals surface area contributed by atoms with Gasteiger partial charge in [-0.2, -0.15) is 5.10 Å². The van der Waals surface area contributed by atoms with Crippen molar-refractivity contribution in [3.8, 4) is 23.0 Å². The first kappa shape index (κ1) is 34.5. The molecule has 0 fully saturated rings. The first-order chi connectivity index (χ1) is 21.6. The molecule has 0 spiro atoms. The van der Waals surface area contributed by atoms with E-state index in [1.807, 2.05) is 0 Å². The average molecular weight is 647 g/mol. The van der Waals surface area contributed by atoms with E-state index in [9.17, 15) is 19.2 Å². The summed E-state index contributed by atoms with van der Waals surface area (Å²) in [6.07, 6.45) is 1.35. The van der Waals surface area contributed by atoms with Gasteiger partial charge < -0.3 is 39.1 Å². The maximum absolute atomic E-state index is 12.6. The lowest BCUT2D eigenvalue weighted by Crippen LogP contribution is -2.45. The smallest absolute Gasteiger partial charge is 0.344 e. The Labute approximate surface area is 265 Å². The SMILES string of the molecule is CCOC(=O)COc1c(Cl)cc(/C=N\NC(=O)COc2ccc([C@H]3NC(=O)NC(C)=C3C(=O)OCC)cc2OC)cc1OCC. The van der Waals surface area contributed by atoms with Crippen LogP contribution in [-0.2, 0) is 23.9 Å². The third kappa shape index (κ3) is 9.50. The van der Waals surface area contributed by atoms with Gasteiger partial charge in [-0.25, -0.2) is 19.8 Å². The van der Waals surface area contributed by atoms with E-state index in [1.54, 1.807) is 52.0 Å². The van der Waals surface area contributed by atoms with Gasteiger partial charge in [-0.15, -0.1) is 0 Å². The van der Waals surface area contributed by atoms with Crippen LogP contribution >= 0.6 is 11.6 Å². The third-order valence-corrected chi connectivity index (χ3v) is 6.30. The molecule has 3 amide bonds. The zero-order valence-corrected chi connectivity index (χ0v) is 26.2. The zero-order valence-electron chi connectivity index (χ0n) is 25.5. The van der Waals surface area contributed by atoms with Crippen LogP contribution in [0.4, 0.5) is 4.79 Å². The lowest BCUT2D eigenvalue weighted by molar-refractivity contribution is -0.145. The minimum absolute atomic E-state index is 0.167. The Morgan fingerprint density at radius 1 is 0.956 bits per heavy atom. The molecular formula is C30H35ClN4O10. The maximum Gasteiger partial charge on any atom is 0.344 e. The number of nitrogens with one attached hydrogen (secondary N) is 3. The van der Waals surface area contributed by atoms with Crippen molar-refractivity contribution in [3.05, 3.63) is 57.8 Å². The first-order valence-corrected chi connectivity index (χ1v) is 14.3. The highest BCUT2D eigenvalue weighted by molar-refractivity contribution is 6.32. The molecule has 14 nitrogen and oxygen atoms in total. The molecule has 0 saturated carbocycles. The van der Waals surface area contributed by atoms with Crippen LogP contribution in [0.25, 0.3) is 0 Å². The summed E-state index contributed by atoms with van der Waals surface area (Å²) in [5.74, 6) is -0.732. The Morgan fingerprint density at radius 2 is 1.71 bits per heavy atom. The summed E-state index contributed by atoms with van der Waals surface area (Å²) in [7, 11) is 1.42. The molecule has 0 bridgehead atoms. The summed E-state index contributed by atoms with van der Waals surface area (Å²) in [4.78, 5) is 48.9. The molecule has 15 heteroatoms. The highest BCUT2D eigenvalue weighted by atomic mass is 35.5. The molecule has 1 atom stereocenters. The monoisotopic (exact) mass is 646 g/mol. The van der Waals surface area contributed by atoms with E-state index in [2.05, 4.69) is 21.2 Å². The first-order valence-electron chi connectivity index (χ1n) is 13.9. The van der Waals surface area contributed by atoms with Gasteiger partial charge in [-0.3, -0.25) is 4.79 Å². The number of benzene rings is 2. The maximum atomic E-state index is 12.6. The molecule has 3 N–H and O–H groups in total. The number of esters is 2. The fraction of sp³-hybridized carbons (Fsp3) is 0.367. The van der Waals surface area contributed by atoms with Gasteiger partial charge in [-0.05, 0) is 63.1 Å². The number of carbonyl (C=O) groups excluding carboxylic acids is 4. The summed E-state index contributed by atoms with van der Waals surface area (Å²) in [6.45, 7) is 6.70. The molecule has 0 saturated heterocycles. The number of hydrogen-bond acceptors (Lipinski definition) is 11. The van der Waals surface area contributed by atoms with Gasteiger partial charge in [0.15, 0.2) is 36.2 Å². The molecule has 0 unspecified atom stereocenters. The standard InChI is InChI=1S/C30H35ClN4O10/c1-6-41-23-12-18(11-20(31)28(23)45-16-25(37)42-7-2)14-32-35-24(36)15-44-21-10-9-19(13-22(21)40-5)27-26(29(38)43-8-3)17(4)33-30(39)34-27/h9-14,27H,6-8,15-16H2,1-5H3,(H,35,36)(H2,33,34,39)/b32-14-/t27-/m1/s1. The van der Waals surface area contributed by atoms with E-state index in [0.717, 1.165) is 0 Å². The van der Waals surface area contributed by atoms with Gasteiger partial charge >= 0.3 is 18.0 Å². The number of amides is 3. The average Bonchev–Trinajstić information content (AvgIpc) is 2.99. The van der Waals surface area contributed by atoms with E-state index in [-0.39, 0.29) is 53.4 Å². The number of methoxy groups -OCH3 is 1. The van der Waals surface area contributed by atoms with Crippen LogP contribution < -0.4 is 35.0 Å². The van der Waals surface area contributed by atoms with Crippen molar-refractivity contribution < 1.29 is 47.6 Å². The summed E-state index contributed by atoms with van der Waals surface area (Å²) >= 11 is 6.34. The van der Waals surface area contributed by atoms with Crippen LogP contribution in [0, 0.1) is 0 Å². The van der Waals surface area contributed by atoms with Crippen molar-refractivity contribution in [1.29, 1.82) is 0 Å². The molecular weight excluding hydrogens is 612 g/mol. The quantitative estimate of drug-likeness (QED) is 0.148. The molecule has 1 aliphatic heterocycles. The Morgan fingerprint density at radius 3 is 2.40 bits per heavy atom. The minimum Gasteiger partial charge on any atom is -0.493 e. The molecule has 45 heavy (non-hydrogen) atoms. The largest absolute Gasteiger partial charge is 0.493 e. The number of nitrogens with zero attached hydrogens (tertiary/aromatic N) is 1. The Bertz CT molecular complexity index is 1480. The summed E-state index contributed by atoms with van der Waals surface area (Å²) in [5.41, 5.74) is 4.00. The van der Waals surface area contributed by atoms with E-state index < -0.39 is 36.5 Å². The topological polar surface area (TPSA) is 172 Å². The Balaban J connectivity index is 1.66. The molecule has 1 aliphatic rings. The Hall–Kier alpha value is -4.98. The Kier molecular flexibility index (Phi) is 12.8. The normalized spacial score (nSPS) is 14.3. The third-order valence-electron chi connectivity index (χ3n) is 6.02. The second-order valence-corrected chi connectivity index (χ2v) is 9.55. The van der Waals surface area contributed by atoms with Crippen LogP contribution in [0.2, 0.25) is 5.02 Å². The number of ether oxygens (including phenoxy) is 6. The van der Waals surface area contributed by atoms with Gasteiger partial charge in [-0.1, -0.05) is 17.7 Å². The van der Waals surface area contributed by atoms with Gasteiger partial charge in [0.25, 0.3) is 5.91 Å². The highest BCUT2D eigenvalue weighted by Gasteiger charge is 2.32. The van der Waals surface area contributed by atoms with Crippen LogP contribution in [0.3, 0.4) is 0 Å². The molecule has 1 heterocycles. The lowest BCUT2D eigenvalue weighted by Gasteiger charge is -2.28. The number of rotatable bonds is 15. The highest BCUT2D eigenvalue weighted by Crippen LogP contribution is 2.37. The van der Waals surface area contributed by atoms with Crippen LogP contribution in [0.15, 0.2) is 46.7 Å². The van der Waals surface area contributed by atoms with Gasteiger partial charge in [0.1, 0.15) is 0 Å². The van der Waals surface area contributed by atoms with Crippen LogP contribution in [0.5, 0.6) is 23.0 Å². The lowest BCUT2D eigenvalue weighted by atomic mass is 9.95. The van der Waals surface area contributed by atoms with Crippen molar-refractivity contribution in [2.24, 2.45) is 5.10 Å². The second kappa shape index (κ2) is 16.8. The van der Waals surface area contributed by atoms with Gasteiger partial charge in [0.2, 0.25) is 0 Å². The molecule has 0 aromatic heterocycles. The number of carbonyl (C=O) groups is 4. The van der Waals surface area contributed by atoms with Crippen molar-refractivity contribution >= 4 is 41.7 Å². The number of hydrazone groups is 1. The van der Waals surface area contributed by atoms with Crippen molar-refractivity contribution in [1.82, 2.24) is 16.1 Å². The van der Waals surface area contributed by atoms with E-state index in [0.29, 0.717) is 23.4 Å². The molecule has 242 valence electrons. The number of hydrogen-bond donors (Lipinski definition) is 3. The zero-order chi connectivity index (χ0) is 32.9. The minimum atomic E-state index is -0.798.